The van der Waals surface area contributed by atoms with Gasteiger partial charge >= 0.3 is 0 Å². The number of amides is 1. The van der Waals surface area contributed by atoms with Gasteiger partial charge in [0, 0.05) is 17.8 Å². The Bertz CT molecular complexity index is 1130. The van der Waals surface area contributed by atoms with Crippen LogP contribution < -0.4 is 10.1 Å². The lowest BCUT2D eigenvalue weighted by Crippen LogP contribution is -2.61. The molecule has 0 aromatic carbocycles. The number of nitrogens with zero attached hydrogens (tertiary/aromatic N) is 2. The number of carbonyl (C=O) groups is 1. The Morgan fingerprint density at radius 2 is 1.92 bits per heavy atom. The molecule has 5 aliphatic carbocycles. The molecule has 0 radical (unpaired) electrons. The summed E-state index contributed by atoms with van der Waals surface area (Å²) in [6, 6.07) is 0.0439. The Kier molecular flexibility index (Phi) is 6.60. The van der Waals surface area contributed by atoms with Gasteiger partial charge in [-0.1, -0.05) is 12.8 Å². The number of nitrogens with one attached hydrogen (secondary N) is 1. The van der Waals surface area contributed by atoms with Crippen molar-refractivity contribution < 1.29 is 27.6 Å². The molecule has 2 atom stereocenters. The molecule has 1 amide bonds. The summed E-state index contributed by atoms with van der Waals surface area (Å²) in [4.78, 5) is 14.2. The second kappa shape index (κ2) is 9.41. The summed E-state index contributed by atoms with van der Waals surface area (Å²) in [5.41, 5.74) is -1.29. The minimum Gasteiger partial charge on any atom is -0.473 e. The van der Waals surface area contributed by atoms with E-state index in [9.17, 15) is 18.3 Å². The summed E-state index contributed by atoms with van der Waals surface area (Å²) in [7, 11) is -3.29. The molecule has 37 heavy (non-hydrogen) atoms. The lowest BCUT2D eigenvalue weighted by atomic mass is 9.52. The van der Waals surface area contributed by atoms with Crippen molar-refractivity contribution >= 4 is 27.7 Å². The maximum absolute atomic E-state index is 13.6. The van der Waals surface area contributed by atoms with Crippen LogP contribution >= 0.6 is 11.8 Å². The van der Waals surface area contributed by atoms with Crippen LogP contribution in [0.1, 0.15) is 88.6 Å². The number of thioether (sulfide) groups is 1. The van der Waals surface area contributed by atoms with Gasteiger partial charge in [0.2, 0.25) is 15.8 Å². The molecule has 2 heterocycles. The average molecular weight is 554 g/mol. The van der Waals surface area contributed by atoms with Gasteiger partial charge in [-0.05, 0) is 88.1 Å². The number of ether oxygens (including phenoxy) is 1. The molecule has 206 valence electrons. The van der Waals surface area contributed by atoms with Gasteiger partial charge in [0.25, 0.3) is 11.8 Å². The van der Waals surface area contributed by atoms with Crippen molar-refractivity contribution in [1.29, 1.82) is 0 Å². The van der Waals surface area contributed by atoms with E-state index in [1.54, 1.807) is 11.8 Å². The van der Waals surface area contributed by atoms with E-state index < -0.39 is 21.2 Å². The van der Waals surface area contributed by atoms with Crippen molar-refractivity contribution in [3.63, 3.8) is 0 Å². The molecule has 1 aliphatic heterocycles. The van der Waals surface area contributed by atoms with Crippen LogP contribution in [-0.2, 0) is 10.0 Å². The highest BCUT2D eigenvalue weighted by molar-refractivity contribution is 8.00. The van der Waals surface area contributed by atoms with E-state index in [0.717, 1.165) is 57.8 Å². The summed E-state index contributed by atoms with van der Waals surface area (Å²) in [5.74, 6) is 1.51. The SMILES string of the molecule is CC(C)(COc1noc(C(=O)NC2C3CC4CC2CC(O)(C4)C3)c1SC1CCCC1)N1CCCS1(=O)=O. The van der Waals surface area contributed by atoms with E-state index in [0.29, 0.717) is 40.9 Å². The molecular weight excluding hydrogens is 514 g/mol. The predicted octanol–water partition coefficient (Wildman–Crippen LogP) is 3.57. The van der Waals surface area contributed by atoms with E-state index in [1.165, 1.54) is 4.31 Å². The second-order valence-electron chi connectivity index (χ2n) is 12.7. The lowest BCUT2D eigenvalue weighted by Gasteiger charge is -2.58. The molecule has 1 aromatic heterocycles. The monoisotopic (exact) mass is 553 g/mol. The van der Waals surface area contributed by atoms with Crippen LogP contribution in [-0.4, -0.2) is 70.2 Å². The minimum absolute atomic E-state index is 0.0439. The molecule has 2 N–H and O–H groups in total. The third-order valence-electron chi connectivity index (χ3n) is 9.29. The molecule has 5 saturated carbocycles. The smallest absolute Gasteiger partial charge is 0.291 e. The van der Waals surface area contributed by atoms with Crippen molar-refractivity contribution in [2.24, 2.45) is 17.8 Å². The van der Waals surface area contributed by atoms with Crippen LogP contribution in [0.2, 0.25) is 0 Å². The van der Waals surface area contributed by atoms with Crippen LogP contribution in [0.5, 0.6) is 5.88 Å². The topological polar surface area (TPSA) is 122 Å². The van der Waals surface area contributed by atoms with Gasteiger partial charge < -0.3 is 19.7 Å². The molecule has 1 aromatic rings. The van der Waals surface area contributed by atoms with Crippen molar-refractivity contribution in [3.05, 3.63) is 5.76 Å². The van der Waals surface area contributed by atoms with Crippen molar-refractivity contribution in [1.82, 2.24) is 14.8 Å². The molecule has 9 nitrogen and oxygen atoms in total. The number of hydrogen-bond donors (Lipinski definition) is 2. The Hall–Kier alpha value is -1.30. The van der Waals surface area contributed by atoms with E-state index >= 15 is 0 Å². The highest BCUT2D eigenvalue weighted by atomic mass is 32.2. The van der Waals surface area contributed by atoms with Gasteiger partial charge in [-0.3, -0.25) is 4.79 Å². The fraction of sp³-hybridized carbons (Fsp3) is 0.846. The summed E-state index contributed by atoms with van der Waals surface area (Å²) in [5, 5.41) is 18.7. The van der Waals surface area contributed by atoms with E-state index in [-0.39, 0.29) is 35.9 Å². The highest BCUT2D eigenvalue weighted by Gasteiger charge is 2.55. The Labute approximate surface area is 223 Å². The molecule has 7 rings (SSSR count). The summed E-state index contributed by atoms with van der Waals surface area (Å²) < 4.78 is 38.2. The maximum atomic E-state index is 13.6. The molecule has 11 heteroatoms. The van der Waals surface area contributed by atoms with Crippen molar-refractivity contribution in [2.45, 2.75) is 105 Å². The molecule has 2 unspecified atom stereocenters. The minimum atomic E-state index is -3.29. The quantitative estimate of drug-likeness (QED) is 0.501. The zero-order valence-electron chi connectivity index (χ0n) is 21.8. The predicted molar refractivity (Wildman–Crippen MR) is 139 cm³/mol. The van der Waals surface area contributed by atoms with Gasteiger partial charge in [0.05, 0.1) is 16.9 Å². The number of aromatic nitrogens is 1. The summed E-state index contributed by atoms with van der Waals surface area (Å²) >= 11 is 1.60. The number of rotatable bonds is 8. The van der Waals surface area contributed by atoms with Crippen LogP contribution in [0, 0.1) is 17.8 Å². The summed E-state index contributed by atoms with van der Waals surface area (Å²) in [6.45, 7) is 4.31. The van der Waals surface area contributed by atoms with Gasteiger partial charge in [-0.25, -0.2) is 8.42 Å². The third-order valence-corrected chi connectivity index (χ3v) is 12.8. The first-order valence-electron chi connectivity index (χ1n) is 13.9. The number of hydrogen-bond acceptors (Lipinski definition) is 8. The Morgan fingerprint density at radius 1 is 1.22 bits per heavy atom. The van der Waals surface area contributed by atoms with E-state index in [1.807, 2.05) is 13.8 Å². The Morgan fingerprint density at radius 3 is 2.54 bits per heavy atom. The fourth-order valence-electron chi connectivity index (χ4n) is 7.85. The number of carbonyl (C=O) groups excluding carboxylic acids is 1. The fourth-order valence-corrected chi connectivity index (χ4v) is 11.1. The van der Waals surface area contributed by atoms with E-state index in [4.69, 9.17) is 9.26 Å². The molecule has 6 aliphatic rings. The molecule has 0 spiro atoms. The van der Waals surface area contributed by atoms with Crippen LogP contribution in [0.4, 0.5) is 0 Å². The first-order chi connectivity index (χ1) is 17.5. The van der Waals surface area contributed by atoms with Crippen LogP contribution in [0.3, 0.4) is 0 Å². The van der Waals surface area contributed by atoms with Gasteiger partial charge in [-0.15, -0.1) is 11.8 Å². The zero-order valence-corrected chi connectivity index (χ0v) is 23.4. The number of sulfonamides is 1. The number of aliphatic hydroxyl groups is 1. The Balaban J connectivity index is 1.20. The maximum Gasteiger partial charge on any atom is 0.291 e. The lowest BCUT2D eigenvalue weighted by molar-refractivity contribution is -0.137. The molecular formula is C26H39N3O6S2. The van der Waals surface area contributed by atoms with Crippen molar-refractivity contribution in [3.8, 4) is 5.88 Å². The largest absolute Gasteiger partial charge is 0.473 e. The van der Waals surface area contributed by atoms with E-state index in [2.05, 4.69) is 10.5 Å². The summed E-state index contributed by atoms with van der Waals surface area (Å²) in [6.07, 6.45) is 9.62. The molecule has 1 saturated heterocycles. The van der Waals surface area contributed by atoms with Crippen LogP contribution in [0.15, 0.2) is 9.42 Å². The van der Waals surface area contributed by atoms with Crippen LogP contribution in [0.25, 0.3) is 0 Å². The zero-order chi connectivity index (χ0) is 26.0. The van der Waals surface area contributed by atoms with Gasteiger partial charge in [0.15, 0.2) is 0 Å². The van der Waals surface area contributed by atoms with Crippen molar-refractivity contribution in [2.75, 3.05) is 18.9 Å². The average Bonchev–Trinajstić information content (AvgIpc) is 3.54. The van der Waals surface area contributed by atoms with Gasteiger partial charge in [0.1, 0.15) is 11.5 Å². The third kappa shape index (κ3) is 4.94. The first-order valence-corrected chi connectivity index (χ1v) is 16.3. The normalized spacial score (nSPS) is 35.3. The first kappa shape index (κ1) is 26.0. The van der Waals surface area contributed by atoms with Gasteiger partial charge in [-0.2, -0.15) is 4.31 Å². The highest BCUT2D eigenvalue weighted by Crippen LogP contribution is 2.55. The molecule has 6 fully saturated rings. The molecule has 4 bridgehead atoms. The standard InChI is InChI=1S/C26H39N3O6S2/c1-25(2,29-8-5-9-37(29,32)33)15-34-24-22(36-19-6-3-4-7-19)21(35-28-24)23(30)27-20-17-10-16-11-18(20)14-26(31,12-16)13-17/h16-20,31H,3-15H2,1-2H3,(H,27,30). The second-order valence-corrected chi connectivity index (χ2v) is 16.0.